The molecule has 1 amide bonds. The first-order chi connectivity index (χ1) is 8.34. The summed E-state index contributed by atoms with van der Waals surface area (Å²) in [5.41, 5.74) is -1.35. The molecule has 0 aliphatic heterocycles. The van der Waals surface area contributed by atoms with Crippen molar-refractivity contribution in [2.75, 3.05) is 13.2 Å². The van der Waals surface area contributed by atoms with E-state index in [1.165, 1.54) is 13.0 Å². The van der Waals surface area contributed by atoms with Gasteiger partial charge < -0.3 is 15.5 Å². The van der Waals surface area contributed by atoms with Gasteiger partial charge >= 0.3 is 0 Å². The number of carbonyl (C=O) groups is 1. The lowest BCUT2D eigenvalue weighted by molar-refractivity contribution is -0.122. The number of carbonyl (C=O) groups excluding carboxylic acids is 1. The maximum absolute atomic E-state index is 13.2. The third kappa shape index (κ3) is 4.38. The molecular weight excluding hydrogens is 244 g/mol. The predicted molar refractivity (Wildman–Crippen MR) is 60.8 cm³/mol. The third-order valence-electron chi connectivity index (χ3n) is 2.37. The molecule has 0 heterocycles. The Labute approximate surface area is 103 Å². The Hall–Kier alpha value is -1.53. The number of aliphatic hydroxyl groups is 2. The summed E-state index contributed by atoms with van der Waals surface area (Å²) in [6.45, 7) is 0.703. The van der Waals surface area contributed by atoms with Gasteiger partial charge in [-0.2, -0.15) is 0 Å². The topological polar surface area (TPSA) is 69.6 Å². The van der Waals surface area contributed by atoms with Gasteiger partial charge in [0, 0.05) is 12.6 Å². The van der Waals surface area contributed by atoms with Crippen LogP contribution in [0.2, 0.25) is 0 Å². The standard InChI is InChI=1S/C12H15F2NO3/c1-12(18,7-16)6-15-11(17)4-8-2-3-9(13)5-10(8)14/h2-3,5,16,18H,4,6-7H2,1H3,(H,15,17). The van der Waals surface area contributed by atoms with Crippen LogP contribution in [0.25, 0.3) is 0 Å². The molecule has 3 N–H and O–H groups in total. The van der Waals surface area contributed by atoms with E-state index in [4.69, 9.17) is 5.11 Å². The minimum absolute atomic E-state index is 0.0672. The van der Waals surface area contributed by atoms with E-state index < -0.39 is 29.7 Å². The fraction of sp³-hybridized carbons (Fsp3) is 0.417. The monoisotopic (exact) mass is 259 g/mol. The molecule has 1 aromatic rings. The zero-order valence-corrected chi connectivity index (χ0v) is 9.91. The first-order valence-corrected chi connectivity index (χ1v) is 5.38. The summed E-state index contributed by atoms with van der Waals surface area (Å²) < 4.78 is 25.9. The number of amides is 1. The smallest absolute Gasteiger partial charge is 0.224 e. The number of aliphatic hydroxyl groups excluding tert-OH is 1. The average Bonchev–Trinajstić information content (AvgIpc) is 2.30. The quantitative estimate of drug-likeness (QED) is 0.715. The Kier molecular flexibility index (Phi) is 4.75. The molecule has 0 aliphatic carbocycles. The van der Waals surface area contributed by atoms with Gasteiger partial charge in [0.25, 0.3) is 0 Å². The van der Waals surface area contributed by atoms with Gasteiger partial charge in [0.15, 0.2) is 0 Å². The number of halogens is 2. The lowest BCUT2D eigenvalue weighted by Gasteiger charge is -2.20. The molecule has 1 atom stereocenters. The molecular formula is C12H15F2NO3. The van der Waals surface area contributed by atoms with Crippen LogP contribution in [0.4, 0.5) is 8.78 Å². The van der Waals surface area contributed by atoms with E-state index in [0.717, 1.165) is 6.07 Å². The van der Waals surface area contributed by atoms with Crippen LogP contribution >= 0.6 is 0 Å². The lowest BCUT2D eigenvalue weighted by atomic mass is 10.1. The lowest BCUT2D eigenvalue weighted by Crippen LogP contribution is -2.43. The predicted octanol–water partition coefficient (Wildman–Crippen LogP) is 0.367. The van der Waals surface area contributed by atoms with Crippen molar-refractivity contribution in [1.29, 1.82) is 0 Å². The van der Waals surface area contributed by atoms with E-state index in [-0.39, 0.29) is 18.5 Å². The second-order valence-corrected chi connectivity index (χ2v) is 4.34. The van der Waals surface area contributed by atoms with Crippen LogP contribution in [0.3, 0.4) is 0 Å². The molecule has 0 radical (unpaired) electrons. The molecule has 6 heteroatoms. The van der Waals surface area contributed by atoms with E-state index in [2.05, 4.69) is 5.32 Å². The molecule has 0 spiro atoms. The normalized spacial score (nSPS) is 14.1. The summed E-state index contributed by atoms with van der Waals surface area (Å²) in [7, 11) is 0. The van der Waals surface area contributed by atoms with E-state index >= 15 is 0 Å². The van der Waals surface area contributed by atoms with Gasteiger partial charge in [-0.3, -0.25) is 4.79 Å². The van der Waals surface area contributed by atoms with Crippen molar-refractivity contribution in [2.45, 2.75) is 18.9 Å². The van der Waals surface area contributed by atoms with Gasteiger partial charge in [0.1, 0.15) is 17.2 Å². The molecule has 0 saturated carbocycles. The zero-order chi connectivity index (χ0) is 13.8. The van der Waals surface area contributed by atoms with Gasteiger partial charge in [0.2, 0.25) is 5.91 Å². The van der Waals surface area contributed by atoms with Crippen LogP contribution in [0.5, 0.6) is 0 Å². The van der Waals surface area contributed by atoms with E-state index in [9.17, 15) is 18.7 Å². The molecule has 18 heavy (non-hydrogen) atoms. The summed E-state index contributed by atoms with van der Waals surface area (Å²) in [6, 6.07) is 2.95. The summed E-state index contributed by atoms with van der Waals surface area (Å²) in [5.74, 6) is -2.02. The van der Waals surface area contributed by atoms with Crippen molar-refractivity contribution in [3.05, 3.63) is 35.4 Å². The molecule has 1 aromatic carbocycles. The Morgan fingerprint density at radius 1 is 1.44 bits per heavy atom. The Morgan fingerprint density at radius 2 is 2.11 bits per heavy atom. The molecule has 4 nitrogen and oxygen atoms in total. The Morgan fingerprint density at radius 3 is 2.67 bits per heavy atom. The Balaban J connectivity index is 2.55. The number of rotatable bonds is 5. The highest BCUT2D eigenvalue weighted by atomic mass is 19.1. The number of hydrogen-bond acceptors (Lipinski definition) is 3. The number of hydrogen-bond donors (Lipinski definition) is 3. The van der Waals surface area contributed by atoms with Crippen molar-refractivity contribution < 1.29 is 23.8 Å². The van der Waals surface area contributed by atoms with Crippen LogP contribution < -0.4 is 5.32 Å². The van der Waals surface area contributed by atoms with Gasteiger partial charge in [-0.25, -0.2) is 8.78 Å². The van der Waals surface area contributed by atoms with E-state index in [1.807, 2.05) is 0 Å². The Bertz CT molecular complexity index is 435. The fourth-order valence-corrected chi connectivity index (χ4v) is 1.25. The van der Waals surface area contributed by atoms with E-state index in [0.29, 0.717) is 6.07 Å². The van der Waals surface area contributed by atoms with Crippen molar-refractivity contribution in [2.24, 2.45) is 0 Å². The minimum atomic E-state index is -1.42. The van der Waals surface area contributed by atoms with Crippen molar-refractivity contribution >= 4 is 5.91 Å². The molecule has 0 saturated heterocycles. The highest BCUT2D eigenvalue weighted by Crippen LogP contribution is 2.10. The number of nitrogens with one attached hydrogen (secondary N) is 1. The molecule has 0 fully saturated rings. The minimum Gasteiger partial charge on any atom is -0.393 e. The second-order valence-electron chi connectivity index (χ2n) is 4.34. The third-order valence-corrected chi connectivity index (χ3v) is 2.37. The fourth-order valence-electron chi connectivity index (χ4n) is 1.25. The van der Waals surface area contributed by atoms with Crippen LogP contribution in [-0.4, -0.2) is 34.9 Å². The molecule has 1 rings (SSSR count). The van der Waals surface area contributed by atoms with Crippen molar-refractivity contribution in [3.8, 4) is 0 Å². The maximum Gasteiger partial charge on any atom is 0.224 e. The molecule has 1 unspecified atom stereocenters. The SMILES string of the molecule is CC(O)(CO)CNC(=O)Cc1ccc(F)cc1F. The highest BCUT2D eigenvalue weighted by Gasteiger charge is 2.20. The van der Waals surface area contributed by atoms with Crippen LogP contribution in [0.1, 0.15) is 12.5 Å². The zero-order valence-electron chi connectivity index (χ0n) is 9.91. The van der Waals surface area contributed by atoms with Gasteiger partial charge in [-0.05, 0) is 18.6 Å². The molecule has 0 aliphatic rings. The largest absolute Gasteiger partial charge is 0.393 e. The summed E-state index contributed by atoms with van der Waals surface area (Å²) in [6.07, 6.45) is -0.256. The average molecular weight is 259 g/mol. The first kappa shape index (κ1) is 14.5. The van der Waals surface area contributed by atoms with Crippen molar-refractivity contribution in [1.82, 2.24) is 5.32 Å². The van der Waals surface area contributed by atoms with Gasteiger partial charge in [-0.15, -0.1) is 0 Å². The van der Waals surface area contributed by atoms with Crippen LogP contribution in [-0.2, 0) is 11.2 Å². The van der Waals surface area contributed by atoms with Crippen LogP contribution in [0, 0.1) is 11.6 Å². The highest BCUT2D eigenvalue weighted by molar-refractivity contribution is 5.78. The van der Waals surface area contributed by atoms with Gasteiger partial charge in [-0.1, -0.05) is 6.07 Å². The first-order valence-electron chi connectivity index (χ1n) is 5.38. The van der Waals surface area contributed by atoms with Gasteiger partial charge in [0.05, 0.1) is 13.0 Å². The second kappa shape index (κ2) is 5.88. The van der Waals surface area contributed by atoms with Crippen LogP contribution in [0.15, 0.2) is 18.2 Å². The van der Waals surface area contributed by atoms with E-state index in [1.54, 1.807) is 0 Å². The molecule has 100 valence electrons. The summed E-state index contributed by atoms with van der Waals surface area (Å²) in [5, 5.41) is 20.6. The maximum atomic E-state index is 13.2. The number of benzene rings is 1. The molecule has 0 bridgehead atoms. The summed E-state index contributed by atoms with van der Waals surface area (Å²) in [4.78, 5) is 11.4. The van der Waals surface area contributed by atoms with Crippen molar-refractivity contribution in [3.63, 3.8) is 0 Å². The summed E-state index contributed by atoms with van der Waals surface area (Å²) >= 11 is 0. The molecule has 0 aromatic heterocycles.